The number of pyridine rings is 1. The number of hydrogen-bond donors (Lipinski definition) is 0. The van der Waals surface area contributed by atoms with E-state index in [4.69, 9.17) is 0 Å². The van der Waals surface area contributed by atoms with E-state index in [-0.39, 0.29) is 16.4 Å². The topological polar surface area (TPSA) is 3.88 Å². The monoisotopic (exact) mass is 424 g/mol. The fourth-order valence-electron chi connectivity index (χ4n) is 6.81. The number of benzene rings is 2. The zero-order chi connectivity index (χ0) is 23.1. The molecule has 0 saturated heterocycles. The van der Waals surface area contributed by atoms with E-state index in [0.29, 0.717) is 5.92 Å². The Balaban J connectivity index is 1.98. The Hall–Kier alpha value is -2.41. The molecule has 0 fully saturated rings. The Kier molecular flexibility index (Phi) is 4.55. The molecule has 2 heterocycles. The maximum absolute atomic E-state index is 2.67. The molecule has 1 aromatic heterocycles. The van der Waals surface area contributed by atoms with Gasteiger partial charge >= 0.3 is 0 Å². The van der Waals surface area contributed by atoms with Gasteiger partial charge in [-0.15, -0.1) is 0 Å². The smallest absolute Gasteiger partial charge is 0.192 e. The molecule has 1 heteroatoms. The third-order valence-electron chi connectivity index (χ3n) is 9.28. The second-order valence-corrected chi connectivity index (χ2v) is 11.3. The molecular formula is C31H38N+. The minimum Gasteiger partial charge on any atom is -0.192 e. The molecule has 2 aliphatic rings. The molecule has 1 aliphatic heterocycles. The van der Waals surface area contributed by atoms with E-state index in [1.54, 1.807) is 11.1 Å². The third kappa shape index (κ3) is 2.43. The van der Waals surface area contributed by atoms with E-state index in [1.165, 1.54) is 33.5 Å². The summed E-state index contributed by atoms with van der Waals surface area (Å²) in [6.45, 7) is 19.3. The SMILES string of the molecule is CCC1(C)c2cc(-c3ccccc3)cc3c2-c2c(c(C(C)C)cc[n+]2C1(C)CC)C3(C)C. The average molecular weight is 425 g/mol. The van der Waals surface area contributed by atoms with Crippen LogP contribution in [0.15, 0.2) is 54.7 Å². The minimum absolute atomic E-state index is 0.0134. The van der Waals surface area contributed by atoms with Gasteiger partial charge in [-0.2, -0.15) is 4.57 Å². The molecule has 166 valence electrons. The summed E-state index contributed by atoms with van der Waals surface area (Å²) in [6.07, 6.45) is 4.64. The van der Waals surface area contributed by atoms with Gasteiger partial charge in [0, 0.05) is 30.4 Å². The van der Waals surface area contributed by atoms with Gasteiger partial charge in [-0.1, -0.05) is 71.9 Å². The first-order chi connectivity index (χ1) is 15.1. The Bertz CT molecular complexity index is 1220. The Morgan fingerprint density at radius 1 is 0.812 bits per heavy atom. The van der Waals surface area contributed by atoms with Crippen LogP contribution in [0.3, 0.4) is 0 Å². The van der Waals surface area contributed by atoms with Gasteiger partial charge in [0.1, 0.15) is 0 Å². The van der Waals surface area contributed by atoms with Crippen molar-refractivity contribution in [3.63, 3.8) is 0 Å². The Morgan fingerprint density at radius 3 is 2.06 bits per heavy atom. The van der Waals surface area contributed by atoms with Crippen molar-refractivity contribution in [1.82, 2.24) is 0 Å². The van der Waals surface area contributed by atoms with Gasteiger partial charge in [-0.3, -0.25) is 0 Å². The van der Waals surface area contributed by atoms with Crippen LogP contribution in [0.1, 0.15) is 96.4 Å². The molecule has 1 aliphatic carbocycles. The largest absolute Gasteiger partial charge is 0.217 e. The van der Waals surface area contributed by atoms with E-state index in [1.807, 2.05) is 0 Å². The summed E-state index contributed by atoms with van der Waals surface area (Å²) in [7, 11) is 0. The van der Waals surface area contributed by atoms with Crippen LogP contribution in [-0.4, -0.2) is 0 Å². The molecule has 0 bridgehead atoms. The standard InChI is InChI=1S/C31H38N/c1-9-30(7)25-19-22(21-14-12-11-13-15-21)18-24-26(25)28-27(29(24,5)6)23(20(3)4)16-17-32(28)31(30,8)10-2/h11-20H,9-10H2,1-8H3/q+1. The average Bonchev–Trinajstić information content (AvgIpc) is 3.04. The minimum atomic E-state index is -0.0134. The second kappa shape index (κ2) is 6.80. The molecule has 2 atom stereocenters. The summed E-state index contributed by atoms with van der Waals surface area (Å²) in [5.41, 5.74) is 11.9. The summed E-state index contributed by atoms with van der Waals surface area (Å²) >= 11 is 0. The van der Waals surface area contributed by atoms with Crippen molar-refractivity contribution >= 4 is 0 Å². The molecule has 3 aromatic rings. The summed E-state index contributed by atoms with van der Waals surface area (Å²) in [4.78, 5) is 0. The highest BCUT2D eigenvalue weighted by molar-refractivity contribution is 5.85. The fourth-order valence-corrected chi connectivity index (χ4v) is 6.81. The van der Waals surface area contributed by atoms with Crippen LogP contribution in [0.25, 0.3) is 22.4 Å². The van der Waals surface area contributed by atoms with E-state index < -0.39 is 0 Å². The molecule has 0 saturated carbocycles. The lowest BCUT2D eigenvalue weighted by Gasteiger charge is -2.46. The normalized spacial score (nSPS) is 24.7. The molecular weight excluding hydrogens is 386 g/mol. The zero-order valence-corrected chi connectivity index (χ0v) is 21.1. The van der Waals surface area contributed by atoms with E-state index in [0.717, 1.165) is 12.8 Å². The summed E-state index contributed by atoms with van der Waals surface area (Å²) in [6, 6.07) is 18.4. The van der Waals surface area contributed by atoms with Crippen molar-refractivity contribution in [1.29, 1.82) is 0 Å². The number of rotatable bonds is 4. The van der Waals surface area contributed by atoms with Crippen LogP contribution >= 0.6 is 0 Å². The van der Waals surface area contributed by atoms with Gasteiger partial charge in [0.2, 0.25) is 5.69 Å². The molecule has 0 N–H and O–H groups in total. The van der Waals surface area contributed by atoms with Crippen molar-refractivity contribution < 1.29 is 4.57 Å². The molecule has 2 aromatic carbocycles. The molecule has 2 unspecified atom stereocenters. The van der Waals surface area contributed by atoms with E-state index in [2.05, 4.69) is 115 Å². The predicted octanol–water partition coefficient (Wildman–Crippen LogP) is 7.88. The summed E-state index contributed by atoms with van der Waals surface area (Å²) in [5, 5.41) is 0. The van der Waals surface area contributed by atoms with Gasteiger partial charge in [0.25, 0.3) is 0 Å². The van der Waals surface area contributed by atoms with E-state index >= 15 is 0 Å². The predicted molar refractivity (Wildman–Crippen MR) is 135 cm³/mol. The molecule has 0 radical (unpaired) electrons. The van der Waals surface area contributed by atoms with Crippen LogP contribution in [0.4, 0.5) is 0 Å². The Morgan fingerprint density at radius 2 is 1.47 bits per heavy atom. The maximum atomic E-state index is 2.67. The first kappa shape index (κ1) is 21.4. The van der Waals surface area contributed by atoms with Crippen molar-refractivity contribution in [2.45, 2.75) is 90.5 Å². The lowest BCUT2D eigenvalue weighted by molar-refractivity contribution is -0.765. The van der Waals surface area contributed by atoms with Crippen LogP contribution in [0, 0.1) is 0 Å². The first-order valence-corrected chi connectivity index (χ1v) is 12.5. The number of nitrogens with zero attached hydrogens (tertiary/aromatic N) is 1. The van der Waals surface area contributed by atoms with Crippen LogP contribution in [0.2, 0.25) is 0 Å². The molecule has 0 amide bonds. The molecule has 32 heavy (non-hydrogen) atoms. The Labute approximate surface area is 194 Å². The molecule has 1 nitrogen and oxygen atoms in total. The quantitative estimate of drug-likeness (QED) is 0.375. The van der Waals surface area contributed by atoms with Gasteiger partial charge < -0.3 is 0 Å². The lowest BCUT2D eigenvalue weighted by atomic mass is 9.60. The van der Waals surface area contributed by atoms with Crippen LogP contribution < -0.4 is 4.57 Å². The zero-order valence-electron chi connectivity index (χ0n) is 21.1. The highest BCUT2D eigenvalue weighted by Gasteiger charge is 2.60. The van der Waals surface area contributed by atoms with Crippen LogP contribution in [0.5, 0.6) is 0 Å². The third-order valence-corrected chi connectivity index (χ3v) is 9.28. The number of hydrogen-bond acceptors (Lipinski definition) is 0. The van der Waals surface area contributed by atoms with E-state index in [9.17, 15) is 0 Å². The van der Waals surface area contributed by atoms with Gasteiger partial charge in [-0.25, -0.2) is 0 Å². The maximum Gasteiger partial charge on any atom is 0.217 e. The summed E-state index contributed by atoms with van der Waals surface area (Å²) < 4.78 is 2.67. The fraction of sp³-hybridized carbons (Fsp3) is 0.452. The van der Waals surface area contributed by atoms with Gasteiger partial charge in [0.05, 0.1) is 11.0 Å². The van der Waals surface area contributed by atoms with Gasteiger partial charge in [-0.05, 0) is 59.2 Å². The number of aromatic nitrogens is 1. The van der Waals surface area contributed by atoms with Crippen LogP contribution in [-0.2, 0) is 16.4 Å². The van der Waals surface area contributed by atoms with Crippen molar-refractivity contribution in [3.05, 3.63) is 77.0 Å². The van der Waals surface area contributed by atoms with Gasteiger partial charge in [0.15, 0.2) is 11.7 Å². The second-order valence-electron chi connectivity index (χ2n) is 11.3. The van der Waals surface area contributed by atoms with Crippen molar-refractivity contribution in [3.8, 4) is 22.4 Å². The molecule has 5 rings (SSSR count). The highest BCUT2D eigenvalue weighted by atomic mass is 15.1. The first-order valence-electron chi connectivity index (χ1n) is 12.5. The molecule has 0 spiro atoms. The highest BCUT2D eigenvalue weighted by Crippen LogP contribution is 2.59. The summed E-state index contributed by atoms with van der Waals surface area (Å²) in [5.74, 6) is 0.508. The van der Waals surface area contributed by atoms with Crippen molar-refractivity contribution in [2.24, 2.45) is 0 Å². The lowest BCUT2D eigenvalue weighted by Crippen LogP contribution is -2.67. The van der Waals surface area contributed by atoms with Crippen molar-refractivity contribution in [2.75, 3.05) is 0 Å².